The molecule has 132 valence electrons. The van der Waals surface area contributed by atoms with Gasteiger partial charge in [-0.1, -0.05) is 13.2 Å². The first-order chi connectivity index (χ1) is 11.1. The van der Waals surface area contributed by atoms with Crippen molar-refractivity contribution in [1.82, 2.24) is 0 Å². The molecule has 0 saturated heterocycles. The van der Waals surface area contributed by atoms with E-state index < -0.39 is 28.9 Å². The number of rotatable bonds is 4. The second kappa shape index (κ2) is 5.17. The Hall–Kier alpha value is -1.66. The average molecular weight is 336 g/mol. The lowest BCUT2D eigenvalue weighted by atomic mass is 9.72. The first-order valence-electron chi connectivity index (χ1n) is 8.29. The highest BCUT2D eigenvalue weighted by Crippen LogP contribution is 2.67. The maximum absolute atomic E-state index is 12.2. The minimum atomic E-state index is -1.91. The highest BCUT2D eigenvalue weighted by atomic mass is 16.7. The van der Waals surface area contributed by atoms with Crippen LogP contribution in [0.5, 0.6) is 0 Å². The van der Waals surface area contributed by atoms with Gasteiger partial charge >= 0.3 is 11.9 Å². The van der Waals surface area contributed by atoms with Gasteiger partial charge in [0.05, 0.1) is 0 Å². The Morgan fingerprint density at radius 1 is 1.00 bits per heavy atom. The zero-order chi connectivity index (χ0) is 17.9. The van der Waals surface area contributed by atoms with Gasteiger partial charge < -0.3 is 19.7 Å². The molecular formula is C18H24O6. The molecule has 3 aliphatic rings. The summed E-state index contributed by atoms with van der Waals surface area (Å²) in [6.45, 7) is 10.0. The van der Waals surface area contributed by atoms with Crippen molar-refractivity contribution < 1.29 is 29.3 Å². The maximum Gasteiger partial charge on any atom is 0.336 e. The molecule has 0 amide bonds. The molecule has 0 radical (unpaired) electrons. The molecule has 4 atom stereocenters. The minimum Gasteiger partial charge on any atom is -0.416 e. The van der Waals surface area contributed by atoms with Crippen LogP contribution in [0.15, 0.2) is 24.3 Å². The van der Waals surface area contributed by atoms with E-state index in [1.54, 1.807) is 0 Å². The van der Waals surface area contributed by atoms with Gasteiger partial charge in [-0.05, 0) is 45.4 Å². The number of carbonyl (C=O) groups excluding carboxylic acids is 2. The van der Waals surface area contributed by atoms with Crippen LogP contribution in [0.1, 0.15) is 46.0 Å². The van der Waals surface area contributed by atoms with Crippen molar-refractivity contribution in [2.75, 3.05) is 0 Å². The van der Waals surface area contributed by atoms with E-state index in [-0.39, 0.29) is 29.4 Å². The third kappa shape index (κ3) is 2.02. The minimum absolute atomic E-state index is 0.128. The summed E-state index contributed by atoms with van der Waals surface area (Å²) in [4.78, 5) is 24.3. The Morgan fingerprint density at radius 2 is 1.54 bits per heavy atom. The largest absolute Gasteiger partial charge is 0.416 e. The molecule has 0 spiro atoms. The molecule has 3 rings (SSSR count). The lowest BCUT2D eigenvalue weighted by Crippen LogP contribution is -2.68. The van der Waals surface area contributed by atoms with Gasteiger partial charge in [0.1, 0.15) is 5.60 Å². The fourth-order valence-electron chi connectivity index (χ4n) is 4.81. The second-order valence-electron chi connectivity index (χ2n) is 7.54. The van der Waals surface area contributed by atoms with Crippen molar-refractivity contribution in [3.05, 3.63) is 24.3 Å². The molecular weight excluding hydrogens is 312 g/mol. The third-order valence-electron chi connectivity index (χ3n) is 5.92. The van der Waals surface area contributed by atoms with Crippen molar-refractivity contribution in [3.63, 3.8) is 0 Å². The van der Waals surface area contributed by atoms with E-state index in [1.165, 1.54) is 13.8 Å². The van der Waals surface area contributed by atoms with E-state index in [9.17, 15) is 19.8 Å². The molecule has 0 heterocycles. The molecule has 0 aromatic heterocycles. The summed E-state index contributed by atoms with van der Waals surface area (Å²) < 4.78 is 11.0. The zero-order valence-electron chi connectivity index (χ0n) is 14.1. The van der Waals surface area contributed by atoms with Gasteiger partial charge in [-0.3, -0.25) is 0 Å². The molecule has 6 heteroatoms. The molecule has 3 fully saturated rings. The lowest BCUT2D eigenvalue weighted by molar-refractivity contribution is -0.322. The number of hydrogen-bond acceptors (Lipinski definition) is 6. The van der Waals surface area contributed by atoms with E-state index in [1.807, 2.05) is 0 Å². The number of aliphatic hydroxyl groups is 2. The number of carbonyl (C=O) groups is 2. The summed E-state index contributed by atoms with van der Waals surface area (Å²) in [6, 6.07) is 0. The van der Waals surface area contributed by atoms with E-state index in [0.717, 1.165) is 6.42 Å². The summed E-state index contributed by atoms with van der Waals surface area (Å²) in [5, 5.41) is 22.5. The SMILES string of the molecule is C=C(C)C(=O)OC1(OC(=O)C(=C)C)CCC2C3CCC(O)(C3)C21O. The van der Waals surface area contributed by atoms with Gasteiger partial charge in [-0.2, -0.15) is 0 Å². The van der Waals surface area contributed by atoms with Crippen LogP contribution in [0.25, 0.3) is 0 Å². The molecule has 3 aliphatic carbocycles. The zero-order valence-corrected chi connectivity index (χ0v) is 14.1. The van der Waals surface area contributed by atoms with Gasteiger partial charge in [-0.25, -0.2) is 9.59 Å². The van der Waals surface area contributed by atoms with E-state index in [4.69, 9.17) is 9.47 Å². The van der Waals surface area contributed by atoms with E-state index >= 15 is 0 Å². The molecule has 0 aliphatic heterocycles. The average Bonchev–Trinajstić information content (AvgIpc) is 3.07. The normalized spacial score (nSPS) is 38.5. The number of ether oxygens (including phenoxy) is 2. The van der Waals surface area contributed by atoms with Gasteiger partial charge in [0.2, 0.25) is 0 Å². The van der Waals surface area contributed by atoms with Crippen LogP contribution < -0.4 is 0 Å². The Labute approximate surface area is 141 Å². The Kier molecular flexibility index (Phi) is 3.70. The standard InChI is InChI=1S/C18H24O6/c1-10(2)14(19)23-17(24-15(20)11(3)4)8-6-13-12-5-7-16(21,9-12)18(13,17)22/h12-13,21-22H,1,3,5-9H2,2,4H3. The fourth-order valence-corrected chi connectivity index (χ4v) is 4.81. The first kappa shape index (κ1) is 17.2. The van der Waals surface area contributed by atoms with Crippen LogP contribution in [0, 0.1) is 11.8 Å². The van der Waals surface area contributed by atoms with Crippen molar-refractivity contribution in [1.29, 1.82) is 0 Å². The smallest absolute Gasteiger partial charge is 0.336 e. The van der Waals surface area contributed by atoms with Crippen LogP contribution in [0.3, 0.4) is 0 Å². The maximum atomic E-state index is 12.2. The summed E-state index contributed by atoms with van der Waals surface area (Å²) in [5.41, 5.74) is -2.98. The molecule has 0 aromatic rings. The van der Waals surface area contributed by atoms with Gasteiger partial charge in [-0.15, -0.1) is 0 Å². The van der Waals surface area contributed by atoms with Crippen molar-refractivity contribution in [2.45, 2.75) is 62.9 Å². The Bertz CT molecular complexity index is 609. The summed E-state index contributed by atoms with van der Waals surface area (Å²) in [5.74, 6) is -3.57. The van der Waals surface area contributed by atoms with Crippen LogP contribution in [0.4, 0.5) is 0 Å². The number of fused-ring (bicyclic) bond motifs is 5. The van der Waals surface area contributed by atoms with Gasteiger partial charge in [0.15, 0.2) is 5.60 Å². The molecule has 0 aromatic carbocycles. The Balaban J connectivity index is 2.05. The Morgan fingerprint density at radius 3 is 2.04 bits per heavy atom. The second-order valence-corrected chi connectivity index (χ2v) is 7.54. The van der Waals surface area contributed by atoms with Crippen molar-refractivity contribution >= 4 is 11.9 Å². The van der Waals surface area contributed by atoms with Crippen molar-refractivity contribution in [2.24, 2.45) is 11.8 Å². The number of esters is 2. The van der Waals surface area contributed by atoms with Gasteiger partial charge in [0.25, 0.3) is 5.79 Å². The number of hydrogen-bond donors (Lipinski definition) is 2. The van der Waals surface area contributed by atoms with Crippen LogP contribution in [-0.2, 0) is 19.1 Å². The molecule has 2 bridgehead atoms. The first-order valence-corrected chi connectivity index (χ1v) is 8.29. The quantitative estimate of drug-likeness (QED) is 0.460. The van der Waals surface area contributed by atoms with E-state index in [0.29, 0.717) is 19.3 Å². The summed E-state index contributed by atoms with van der Waals surface area (Å²) in [6.07, 6.45) is 2.27. The highest BCUT2D eigenvalue weighted by Gasteiger charge is 2.80. The predicted octanol–water partition coefficient (Wildman–Crippen LogP) is 1.61. The highest BCUT2D eigenvalue weighted by molar-refractivity contribution is 5.89. The third-order valence-corrected chi connectivity index (χ3v) is 5.92. The van der Waals surface area contributed by atoms with Crippen molar-refractivity contribution in [3.8, 4) is 0 Å². The molecule has 24 heavy (non-hydrogen) atoms. The molecule has 3 saturated carbocycles. The van der Waals surface area contributed by atoms with E-state index in [2.05, 4.69) is 13.2 Å². The summed E-state index contributed by atoms with van der Waals surface area (Å²) >= 11 is 0. The fraction of sp³-hybridized carbons (Fsp3) is 0.667. The molecule has 6 nitrogen and oxygen atoms in total. The van der Waals surface area contributed by atoms with Crippen LogP contribution >= 0.6 is 0 Å². The predicted molar refractivity (Wildman–Crippen MR) is 84.5 cm³/mol. The topological polar surface area (TPSA) is 93.1 Å². The monoisotopic (exact) mass is 336 g/mol. The van der Waals surface area contributed by atoms with Gasteiger partial charge in [0, 0.05) is 23.5 Å². The molecule has 2 N–H and O–H groups in total. The van der Waals surface area contributed by atoms with Crippen LogP contribution in [-0.4, -0.2) is 39.1 Å². The summed E-state index contributed by atoms with van der Waals surface area (Å²) in [7, 11) is 0. The van der Waals surface area contributed by atoms with Crippen LogP contribution in [0.2, 0.25) is 0 Å². The lowest BCUT2D eigenvalue weighted by Gasteiger charge is -2.48. The molecule has 4 unspecified atom stereocenters.